The molecule has 1 saturated heterocycles. The van der Waals surface area contributed by atoms with E-state index in [2.05, 4.69) is 39.5 Å². The molecule has 0 radical (unpaired) electrons. The van der Waals surface area contributed by atoms with Crippen molar-refractivity contribution < 1.29 is 9.90 Å². The number of aromatic nitrogens is 3. The van der Waals surface area contributed by atoms with Gasteiger partial charge in [0.25, 0.3) is 0 Å². The van der Waals surface area contributed by atoms with Crippen molar-refractivity contribution in [2.45, 2.75) is 6.04 Å². The summed E-state index contributed by atoms with van der Waals surface area (Å²) in [5, 5.41) is 16.3. The molecule has 6 heteroatoms. The van der Waals surface area contributed by atoms with Crippen LogP contribution in [0.4, 0.5) is 0 Å². The molecule has 3 rings (SSSR count). The zero-order chi connectivity index (χ0) is 14.7. The number of carbonyl (C=O) groups is 1. The molecule has 0 spiro atoms. The number of carboxylic acid groups (broad SMARTS) is 1. The highest BCUT2D eigenvalue weighted by molar-refractivity contribution is 5.84. The van der Waals surface area contributed by atoms with Crippen LogP contribution in [0.25, 0.3) is 6.08 Å². The molecule has 108 valence electrons. The zero-order valence-corrected chi connectivity index (χ0v) is 11.5. The highest BCUT2D eigenvalue weighted by Crippen LogP contribution is 2.20. The van der Waals surface area contributed by atoms with Gasteiger partial charge in [0.1, 0.15) is 0 Å². The van der Waals surface area contributed by atoms with Gasteiger partial charge in [0, 0.05) is 19.6 Å². The van der Waals surface area contributed by atoms with E-state index in [0.717, 1.165) is 19.6 Å². The first-order valence-electron chi connectivity index (χ1n) is 6.81. The lowest BCUT2D eigenvalue weighted by molar-refractivity contribution is 0.0690. The predicted molar refractivity (Wildman–Crippen MR) is 77.9 cm³/mol. The zero-order valence-electron chi connectivity index (χ0n) is 11.5. The lowest BCUT2D eigenvalue weighted by Gasteiger charge is -2.38. The number of hydrogen-bond acceptors (Lipinski definition) is 4. The average molecular weight is 284 g/mol. The van der Waals surface area contributed by atoms with Crippen LogP contribution in [-0.2, 0) is 0 Å². The fourth-order valence-corrected chi connectivity index (χ4v) is 2.31. The van der Waals surface area contributed by atoms with E-state index in [0.29, 0.717) is 0 Å². The molecule has 1 fully saturated rings. The topological polar surface area (TPSA) is 71.2 Å². The molecule has 1 N–H and O–H groups in total. The number of hydrogen-bond donors (Lipinski definition) is 1. The van der Waals surface area contributed by atoms with Gasteiger partial charge >= 0.3 is 5.97 Å². The van der Waals surface area contributed by atoms with Gasteiger partial charge in [-0.2, -0.15) is 0 Å². The van der Waals surface area contributed by atoms with Crippen LogP contribution in [0, 0.1) is 0 Å². The van der Waals surface area contributed by atoms with Crippen LogP contribution in [0.3, 0.4) is 0 Å². The monoisotopic (exact) mass is 284 g/mol. The Morgan fingerprint density at radius 1 is 1.33 bits per heavy atom. The van der Waals surface area contributed by atoms with E-state index in [1.54, 1.807) is 4.68 Å². The van der Waals surface area contributed by atoms with Gasteiger partial charge in [0.15, 0.2) is 5.69 Å². The normalized spacial score (nSPS) is 16.2. The predicted octanol–water partition coefficient (Wildman–Crippen LogP) is 1.55. The fourth-order valence-electron chi connectivity index (χ4n) is 2.31. The summed E-state index contributed by atoms with van der Waals surface area (Å²) < 4.78 is 1.64. The van der Waals surface area contributed by atoms with Crippen molar-refractivity contribution in [2.24, 2.45) is 0 Å². The Labute approximate surface area is 122 Å². The van der Waals surface area contributed by atoms with Gasteiger partial charge in [-0.3, -0.25) is 4.90 Å². The van der Waals surface area contributed by atoms with E-state index in [9.17, 15) is 4.79 Å². The van der Waals surface area contributed by atoms with Crippen LogP contribution in [0.15, 0.2) is 42.6 Å². The number of carboxylic acids is 1. The highest BCUT2D eigenvalue weighted by Gasteiger charge is 2.28. The number of benzene rings is 1. The van der Waals surface area contributed by atoms with Crippen molar-refractivity contribution in [1.82, 2.24) is 19.9 Å². The molecule has 0 amide bonds. The van der Waals surface area contributed by atoms with E-state index in [1.807, 2.05) is 18.2 Å². The lowest BCUT2D eigenvalue weighted by atomic mass is 10.1. The highest BCUT2D eigenvalue weighted by atomic mass is 16.4. The quantitative estimate of drug-likeness (QED) is 0.902. The molecule has 1 aromatic heterocycles. The molecule has 1 aliphatic rings. The van der Waals surface area contributed by atoms with Crippen molar-refractivity contribution in [3.63, 3.8) is 0 Å². The van der Waals surface area contributed by atoms with Gasteiger partial charge in [0.05, 0.1) is 12.2 Å². The van der Waals surface area contributed by atoms with E-state index in [-0.39, 0.29) is 11.7 Å². The van der Waals surface area contributed by atoms with Crippen molar-refractivity contribution in [3.8, 4) is 0 Å². The Balaban J connectivity index is 1.47. The summed E-state index contributed by atoms with van der Waals surface area (Å²) >= 11 is 0. The van der Waals surface area contributed by atoms with Crippen LogP contribution in [0.2, 0.25) is 0 Å². The minimum Gasteiger partial charge on any atom is -0.476 e. The Morgan fingerprint density at radius 3 is 2.76 bits per heavy atom. The second kappa shape index (κ2) is 5.88. The van der Waals surface area contributed by atoms with E-state index in [1.165, 1.54) is 11.8 Å². The molecule has 2 heterocycles. The summed E-state index contributed by atoms with van der Waals surface area (Å²) in [4.78, 5) is 13.0. The Kier molecular flexibility index (Phi) is 3.79. The second-order valence-corrected chi connectivity index (χ2v) is 5.07. The van der Waals surface area contributed by atoms with Crippen LogP contribution in [0.5, 0.6) is 0 Å². The summed E-state index contributed by atoms with van der Waals surface area (Å²) in [5.41, 5.74) is 1.19. The molecule has 0 saturated carbocycles. The van der Waals surface area contributed by atoms with Crippen LogP contribution >= 0.6 is 0 Å². The summed E-state index contributed by atoms with van der Waals surface area (Å²) in [6.45, 7) is 2.61. The summed E-state index contributed by atoms with van der Waals surface area (Å²) in [6, 6.07) is 10.4. The first-order valence-corrected chi connectivity index (χ1v) is 6.81. The molecule has 21 heavy (non-hydrogen) atoms. The number of likely N-dealkylation sites (tertiary alicyclic amines) is 1. The minimum atomic E-state index is -1.04. The maximum Gasteiger partial charge on any atom is 0.358 e. The Bertz CT molecular complexity index is 645. The maximum atomic E-state index is 10.7. The average Bonchev–Trinajstić information content (AvgIpc) is 2.92. The van der Waals surface area contributed by atoms with Crippen molar-refractivity contribution in [3.05, 3.63) is 53.9 Å². The third kappa shape index (κ3) is 3.17. The third-order valence-corrected chi connectivity index (χ3v) is 3.51. The largest absolute Gasteiger partial charge is 0.476 e. The molecule has 0 aliphatic carbocycles. The number of nitrogens with zero attached hydrogens (tertiary/aromatic N) is 4. The van der Waals surface area contributed by atoms with Gasteiger partial charge in [-0.1, -0.05) is 47.7 Å². The lowest BCUT2D eigenvalue weighted by Crippen LogP contribution is -2.47. The number of rotatable bonds is 5. The fraction of sp³-hybridized carbons (Fsp3) is 0.267. The Hall–Kier alpha value is -2.47. The summed E-state index contributed by atoms with van der Waals surface area (Å²) in [5.74, 6) is -1.04. The van der Waals surface area contributed by atoms with Crippen LogP contribution < -0.4 is 0 Å². The molecule has 1 aromatic carbocycles. The first kappa shape index (κ1) is 13.5. The van der Waals surface area contributed by atoms with Crippen molar-refractivity contribution in [2.75, 3.05) is 19.6 Å². The molecule has 0 unspecified atom stereocenters. The van der Waals surface area contributed by atoms with Crippen LogP contribution in [-0.4, -0.2) is 50.6 Å². The maximum absolute atomic E-state index is 10.7. The molecule has 2 aromatic rings. The smallest absolute Gasteiger partial charge is 0.358 e. The van der Waals surface area contributed by atoms with E-state index < -0.39 is 5.97 Å². The van der Waals surface area contributed by atoms with Gasteiger partial charge < -0.3 is 5.11 Å². The molecular weight excluding hydrogens is 268 g/mol. The molecule has 6 nitrogen and oxygen atoms in total. The van der Waals surface area contributed by atoms with Gasteiger partial charge in [0.2, 0.25) is 0 Å². The molecular formula is C15H16N4O2. The van der Waals surface area contributed by atoms with Gasteiger partial charge in [-0.05, 0) is 5.56 Å². The van der Waals surface area contributed by atoms with Gasteiger partial charge in [-0.25, -0.2) is 9.48 Å². The van der Waals surface area contributed by atoms with Gasteiger partial charge in [-0.15, -0.1) is 5.10 Å². The van der Waals surface area contributed by atoms with Crippen molar-refractivity contribution >= 4 is 12.0 Å². The van der Waals surface area contributed by atoms with E-state index in [4.69, 9.17) is 5.11 Å². The first-order chi connectivity index (χ1) is 10.2. The minimum absolute atomic E-state index is 0.00239. The molecule has 0 bridgehead atoms. The molecule has 1 aliphatic heterocycles. The van der Waals surface area contributed by atoms with Crippen molar-refractivity contribution in [1.29, 1.82) is 0 Å². The van der Waals surface area contributed by atoms with E-state index >= 15 is 0 Å². The Morgan fingerprint density at radius 2 is 2.10 bits per heavy atom. The third-order valence-electron chi connectivity index (χ3n) is 3.51. The molecule has 0 atom stereocenters. The standard InChI is InChI=1S/C15H16N4O2/c20-15(21)14-11-19(17-16-14)13-9-18(10-13)8-4-7-12-5-2-1-3-6-12/h1-7,11,13H,8-10H2,(H,20,21). The SMILES string of the molecule is O=C(O)c1cn(C2CN(CC=Cc3ccccc3)C2)nn1. The summed E-state index contributed by atoms with van der Waals surface area (Å²) in [7, 11) is 0. The number of aromatic carboxylic acids is 1. The second-order valence-electron chi connectivity index (χ2n) is 5.07. The summed E-state index contributed by atoms with van der Waals surface area (Å²) in [6.07, 6.45) is 5.73. The van der Waals surface area contributed by atoms with Crippen LogP contribution in [0.1, 0.15) is 22.1 Å².